The number of halogens is 1. The number of aliphatic carboxylic acids is 1. The Morgan fingerprint density at radius 1 is 1.45 bits per heavy atom. The molecular formula is C17H20BrNO3. The molecule has 1 saturated carbocycles. The van der Waals surface area contributed by atoms with Crippen LogP contribution in [0.2, 0.25) is 0 Å². The molecule has 118 valence electrons. The average Bonchev–Trinajstić information content (AvgIpc) is 3.00. The lowest BCUT2D eigenvalue weighted by Crippen LogP contribution is -2.37. The monoisotopic (exact) mass is 365 g/mol. The van der Waals surface area contributed by atoms with Crippen LogP contribution in [0.4, 0.5) is 0 Å². The molecule has 1 N–H and O–H groups in total. The Balaban J connectivity index is 1.71. The summed E-state index contributed by atoms with van der Waals surface area (Å²) in [5, 5.41) is 9.59. The molecule has 1 aromatic rings. The number of carbonyl (C=O) groups is 2. The van der Waals surface area contributed by atoms with Crippen LogP contribution < -0.4 is 0 Å². The largest absolute Gasteiger partial charge is 0.481 e. The van der Waals surface area contributed by atoms with E-state index in [-0.39, 0.29) is 11.8 Å². The fourth-order valence-corrected chi connectivity index (χ4v) is 4.29. The molecular weight excluding hydrogens is 346 g/mol. The molecule has 0 aromatic heterocycles. The Labute approximate surface area is 138 Å². The van der Waals surface area contributed by atoms with Crippen molar-refractivity contribution in [3.05, 3.63) is 33.8 Å². The molecule has 2 atom stereocenters. The van der Waals surface area contributed by atoms with Crippen molar-refractivity contribution < 1.29 is 14.7 Å². The predicted octanol–water partition coefficient (Wildman–Crippen LogP) is 3.01. The second kappa shape index (κ2) is 5.69. The molecule has 0 unspecified atom stereocenters. The van der Waals surface area contributed by atoms with Gasteiger partial charge in [-0.25, -0.2) is 0 Å². The van der Waals surface area contributed by atoms with E-state index in [1.807, 2.05) is 25.1 Å². The lowest BCUT2D eigenvalue weighted by atomic mass is 9.81. The van der Waals surface area contributed by atoms with Crippen molar-refractivity contribution in [3.63, 3.8) is 0 Å². The summed E-state index contributed by atoms with van der Waals surface area (Å²) in [6, 6.07) is 5.92. The van der Waals surface area contributed by atoms with Crippen molar-refractivity contribution in [2.24, 2.45) is 11.3 Å². The van der Waals surface area contributed by atoms with Gasteiger partial charge in [0, 0.05) is 17.6 Å². The number of hydrogen-bond donors (Lipinski definition) is 1. The average molecular weight is 366 g/mol. The SMILES string of the molecule is Cc1ccc(CC(=O)N2C[C@@H]3CCC[C@@]3(C(=O)O)C2)cc1Br. The minimum Gasteiger partial charge on any atom is -0.481 e. The molecule has 2 fully saturated rings. The Hall–Kier alpha value is -1.36. The number of hydrogen-bond acceptors (Lipinski definition) is 2. The molecule has 0 spiro atoms. The standard InChI is InChI=1S/C17H20BrNO3/c1-11-4-5-12(7-14(11)18)8-15(20)19-9-13-3-2-6-17(13,10-19)16(21)22/h4-5,7,13H,2-3,6,8-10H2,1H3,(H,21,22)/t13-,17+/m0/s1. The highest BCUT2D eigenvalue weighted by atomic mass is 79.9. The van der Waals surface area contributed by atoms with Gasteiger partial charge in [0.1, 0.15) is 0 Å². The summed E-state index contributed by atoms with van der Waals surface area (Å²) in [5.74, 6) is -0.576. The summed E-state index contributed by atoms with van der Waals surface area (Å²) >= 11 is 3.48. The third kappa shape index (κ3) is 2.56. The quantitative estimate of drug-likeness (QED) is 0.895. The molecule has 1 aliphatic carbocycles. The summed E-state index contributed by atoms with van der Waals surface area (Å²) in [7, 11) is 0. The number of aryl methyl sites for hydroxylation is 1. The zero-order valence-corrected chi connectivity index (χ0v) is 14.2. The van der Waals surface area contributed by atoms with Crippen LogP contribution in [-0.2, 0) is 16.0 Å². The van der Waals surface area contributed by atoms with Crippen molar-refractivity contribution in [1.82, 2.24) is 4.90 Å². The summed E-state index contributed by atoms with van der Waals surface area (Å²) < 4.78 is 0.998. The second-order valence-corrected chi connectivity index (χ2v) is 7.44. The van der Waals surface area contributed by atoms with E-state index in [4.69, 9.17) is 0 Å². The molecule has 1 aromatic carbocycles. The van der Waals surface area contributed by atoms with E-state index in [0.717, 1.165) is 28.4 Å². The predicted molar refractivity (Wildman–Crippen MR) is 86.6 cm³/mol. The van der Waals surface area contributed by atoms with E-state index in [9.17, 15) is 14.7 Å². The molecule has 0 radical (unpaired) electrons. The minimum absolute atomic E-state index is 0.0331. The number of carboxylic acid groups (broad SMARTS) is 1. The van der Waals surface area contributed by atoms with E-state index in [1.165, 1.54) is 0 Å². The van der Waals surface area contributed by atoms with Gasteiger partial charge in [0.25, 0.3) is 0 Å². The Bertz CT molecular complexity index is 630. The van der Waals surface area contributed by atoms with E-state index >= 15 is 0 Å². The number of carbonyl (C=O) groups excluding carboxylic acids is 1. The number of benzene rings is 1. The molecule has 22 heavy (non-hydrogen) atoms. The van der Waals surface area contributed by atoms with Crippen LogP contribution in [-0.4, -0.2) is 35.0 Å². The fraction of sp³-hybridized carbons (Fsp3) is 0.529. The van der Waals surface area contributed by atoms with E-state index < -0.39 is 11.4 Å². The highest BCUT2D eigenvalue weighted by Gasteiger charge is 2.55. The summed E-state index contributed by atoms with van der Waals surface area (Å²) in [6.07, 6.45) is 2.92. The maximum Gasteiger partial charge on any atom is 0.311 e. The van der Waals surface area contributed by atoms with Crippen molar-refractivity contribution in [2.45, 2.75) is 32.6 Å². The zero-order valence-electron chi connectivity index (χ0n) is 12.6. The van der Waals surface area contributed by atoms with Crippen molar-refractivity contribution in [3.8, 4) is 0 Å². The Morgan fingerprint density at radius 2 is 2.23 bits per heavy atom. The van der Waals surface area contributed by atoms with Gasteiger partial charge in [-0.2, -0.15) is 0 Å². The van der Waals surface area contributed by atoms with Crippen LogP contribution in [0.25, 0.3) is 0 Å². The summed E-state index contributed by atoms with van der Waals surface area (Å²) in [6.45, 7) is 2.98. The lowest BCUT2D eigenvalue weighted by Gasteiger charge is -2.23. The van der Waals surface area contributed by atoms with Gasteiger partial charge in [0.2, 0.25) is 5.91 Å². The zero-order chi connectivity index (χ0) is 15.9. The minimum atomic E-state index is -0.733. The fourth-order valence-electron chi connectivity index (χ4n) is 3.86. The first-order chi connectivity index (χ1) is 10.4. The number of carboxylic acids is 1. The molecule has 1 amide bonds. The van der Waals surface area contributed by atoms with Gasteiger partial charge in [-0.1, -0.05) is 34.5 Å². The molecule has 1 heterocycles. The number of fused-ring (bicyclic) bond motifs is 1. The molecule has 1 aliphatic heterocycles. The van der Waals surface area contributed by atoms with Crippen LogP contribution in [0.3, 0.4) is 0 Å². The molecule has 1 saturated heterocycles. The second-order valence-electron chi connectivity index (χ2n) is 6.59. The number of amides is 1. The first-order valence-electron chi connectivity index (χ1n) is 7.68. The molecule has 0 bridgehead atoms. The van der Waals surface area contributed by atoms with Gasteiger partial charge in [-0.15, -0.1) is 0 Å². The lowest BCUT2D eigenvalue weighted by molar-refractivity contribution is -0.149. The van der Waals surface area contributed by atoms with Gasteiger partial charge in [0.15, 0.2) is 0 Å². The molecule has 4 nitrogen and oxygen atoms in total. The van der Waals surface area contributed by atoms with E-state index in [1.54, 1.807) is 4.90 Å². The Kier molecular flexibility index (Phi) is 4.02. The van der Waals surface area contributed by atoms with Gasteiger partial charge in [-0.05, 0) is 42.9 Å². The maximum atomic E-state index is 12.5. The van der Waals surface area contributed by atoms with E-state index in [2.05, 4.69) is 15.9 Å². The maximum absolute atomic E-state index is 12.5. The molecule has 5 heteroatoms. The number of likely N-dealkylation sites (tertiary alicyclic amines) is 1. The van der Waals surface area contributed by atoms with Gasteiger partial charge in [-0.3, -0.25) is 9.59 Å². The van der Waals surface area contributed by atoms with Crippen LogP contribution in [0, 0.1) is 18.3 Å². The highest BCUT2D eigenvalue weighted by molar-refractivity contribution is 9.10. The Morgan fingerprint density at radius 3 is 2.86 bits per heavy atom. The first kappa shape index (κ1) is 15.5. The molecule has 3 rings (SSSR count). The van der Waals surface area contributed by atoms with Crippen molar-refractivity contribution in [1.29, 1.82) is 0 Å². The summed E-state index contributed by atoms with van der Waals surface area (Å²) in [5.41, 5.74) is 1.41. The first-order valence-corrected chi connectivity index (χ1v) is 8.48. The van der Waals surface area contributed by atoms with E-state index in [0.29, 0.717) is 25.9 Å². The van der Waals surface area contributed by atoms with Crippen LogP contribution >= 0.6 is 15.9 Å². The normalized spacial score (nSPS) is 27.0. The highest BCUT2D eigenvalue weighted by Crippen LogP contribution is 2.48. The summed E-state index contributed by atoms with van der Waals surface area (Å²) in [4.78, 5) is 25.9. The van der Waals surface area contributed by atoms with Crippen LogP contribution in [0.5, 0.6) is 0 Å². The van der Waals surface area contributed by atoms with Gasteiger partial charge in [0.05, 0.1) is 11.8 Å². The third-order valence-electron chi connectivity index (χ3n) is 5.24. The van der Waals surface area contributed by atoms with Crippen molar-refractivity contribution in [2.75, 3.05) is 13.1 Å². The third-order valence-corrected chi connectivity index (χ3v) is 6.10. The number of rotatable bonds is 3. The number of nitrogens with zero attached hydrogens (tertiary/aromatic N) is 1. The van der Waals surface area contributed by atoms with Gasteiger partial charge >= 0.3 is 5.97 Å². The van der Waals surface area contributed by atoms with Gasteiger partial charge < -0.3 is 10.0 Å². The topological polar surface area (TPSA) is 57.6 Å². The molecule has 2 aliphatic rings. The van der Waals surface area contributed by atoms with Crippen LogP contribution in [0.1, 0.15) is 30.4 Å². The smallest absolute Gasteiger partial charge is 0.311 e. The van der Waals surface area contributed by atoms with Crippen molar-refractivity contribution >= 4 is 27.8 Å². The van der Waals surface area contributed by atoms with Crippen LogP contribution in [0.15, 0.2) is 22.7 Å².